The van der Waals surface area contributed by atoms with Crippen LogP contribution in [0.2, 0.25) is 0 Å². The van der Waals surface area contributed by atoms with Crippen molar-refractivity contribution in [2.24, 2.45) is 11.8 Å². The third kappa shape index (κ3) is 9.08. The molecule has 0 spiro atoms. The van der Waals surface area contributed by atoms with Gasteiger partial charge in [0.05, 0.1) is 18.4 Å². The molecule has 2 unspecified atom stereocenters. The van der Waals surface area contributed by atoms with Crippen LogP contribution in [0, 0.1) is 11.8 Å². The summed E-state index contributed by atoms with van der Waals surface area (Å²) in [7, 11) is 0. The number of carbonyl (C=O) groups excluding carboxylic acids is 4. The summed E-state index contributed by atoms with van der Waals surface area (Å²) in [6.07, 6.45) is 6.21. The second-order valence-corrected chi connectivity index (χ2v) is 9.91. The maximum absolute atomic E-state index is 13.4. The first-order valence-electron chi connectivity index (χ1n) is 12.9. The highest BCUT2D eigenvalue weighted by Gasteiger charge is 2.31. The third-order valence-corrected chi connectivity index (χ3v) is 6.47. The van der Waals surface area contributed by atoms with Gasteiger partial charge >= 0.3 is 6.09 Å². The Morgan fingerprint density at radius 2 is 1.76 bits per heavy atom. The van der Waals surface area contributed by atoms with Crippen molar-refractivity contribution < 1.29 is 23.9 Å². The Morgan fingerprint density at radius 1 is 1.05 bits per heavy atom. The van der Waals surface area contributed by atoms with Crippen molar-refractivity contribution in [3.05, 3.63) is 59.4 Å². The second-order valence-electron chi connectivity index (χ2n) is 9.91. The summed E-state index contributed by atoms with van der Waals surface area (Å²) in [5.41, 5.74) is 2.88. The van der Waals surface area contributed by atoms with Gasteiger partial charge in [-0.1, -0.05) is 44.2 Å². The zero-order chi connectivity index (χ0) is 26.6. The molecule has 1 aromatic carbocycles. The number of fused-ring (bicyclic) bond motifs is 1. The van der Waals surface area contributed by atoms with E-state index in [0.717, 1.165) is 36.0 Å². The molecular weight excluding hydrogens is 472 g/mol. The number of nitrogens with one attached hydrogen (secondary N) is 2. The summed E-state index contributed by atoms with van der Waals surface area (Å²) in [6.45, 7) is 4.37. The number of rotatable bonds is 8. The van der Waals surface area contributed by atoms with Gasteiger partial charge in [-0.3, -0.25) is 14.4 Å². The van der Waals surface area contributed by atoms with E-state index in [2.05, 4.69) is 20.8 Å². The molecule has 9 nitrogen and oxygen atoms in total. The lowest BCUT2D eigenvalue weighted by atomic mass is 9.86. The second kappa shape index (κ2) is 14.2. The van der Waals surface area contributed by atoms with Gasteiger partial charge in [0.1, 0.15) is 6.61 Å². The van der Waals surface area contributed by atoms with Crippen molar-refractivity contribution in [3.63, 3.8) is 0 Å². The molecule has 2 N–H and O–H groups in total. The van der Waals surface area contributed by atoms with E-state index in [4.69, 9.17) is 4.74 Å². The van der Waals surface area contributed by atoms with Gasteiger partial charge in [0, 0.05) is 18.9 Å². The first kappa shape index (κ1) is 28.0. The fourth-order valence-corrected chi connectivity index (χ4v) is 4.43. The minimum absolute atomic E-state index is 0.0822. The van der Waals surface area contributed by atoms with Crippen LogP contribution in [0.15, 0.2) is 42.7 Å². The molecule has 1 aromatic heterocycles. The molecule has 1 aliphatic heterocycles. The van der Waals surface area contributed by atoms with Gasteiger partial charge in [-0.25, -0.2) is 4.79 Å². The van der Waals surface area contributed by atoms with Crippen LogP contribution >= 0.6 is 0 Å². The maximum atomic E-state index is 13.4. The molecule has 2 amide bonds. The van der Waals surface area contributed by atoms with Crippen molar-refractivity contribution >= 4 is 23.6 Å². The summed E-state index contributed by atoms with van der Waals surface area (Å²) >= 11 is 0. The molecular formula is C28H36N4O5. The van der Waals surface area contributed by atoms with Crippen LogP contribution in [-0.4, -0.2) is 46.4 Å². The van der Waals surface area contributed by atoms with E-state index in [-0.39, 0.29) is 24.7 Å². The Labute approximate surface area is 217 Å². The number of ketones is 2. The van der Waals surface area contributed by atoms with Gasteiger partial charge in [0.15, 0.2) is 5.78 Å². The van der Waals surface area contributed by atoms with Gasteiger partial charge < -0.3 is 15.4 Å². The summed E-state index contributed by atoms with van der Waals surface area (Å²) in [4.78, 5) is 51.4. The number of benzene rings is 1. The Bertz CT molecular complexity index is 1070. The lowest BCUT2D eigenvalue weighted by Crippen LogP contribution is -2.44. The first-order chi connectivity index (χ1) is 17.8. The van der Waals surface area contributed by atoms with Crippen molar-refractivity contribution in [1.82, 2.24) is 20.8 Å². The number of aryl methyl sites for hydroxylation is 2. The third-order valence-electron chi connectivity index (χ3n) is 6.47. The smallest absolute Gasteiger partial charge is 0.408 e. The fraction of sp³-hybridized carbons (Fsp3) is 0.500. The lowest BCUT2D eigenvalue weighted by molar-refractivity contribution is -0.141. The number of hydrogen-bond donors (Lipinski definition) is 2. The van der Waals surface area contributed by atoms with Crippen LogP contribution in [0.1, 0.15) is 62.6 Å². The van der Waals surface area contributed by atoms with Crippen LogP contribution in [0.25, 0.3) is 0 Å². The molecule has 9 heteroatoms. The van der Waals surface area contributed by atoms with Gasteiger partial charge in [-0.05, 0) is 61.1 Å². The van der Waals surface area contributed by atoms with E-state index in [0.29, 0.717) is 25.8 Å². The average molecular weight is 509 g/mol. The summed E-state index contributed by atoms with van der Waals surface area (Å²) < 4.78 is 5.30. The van der Waals surface area contributed by atoms with Gasteiger partial charge in [0.2, 0.25) is 5.78 Å². The van der Waals surface area contributed by atoms with E-state index in [1.165, 1.54) is 0 Å². The summed E-state index contributed by atoms with van der Waals surface area (Å²) in [6, 6.07) is 8.43. The SMILES string of the molecule is CC(C)CC(NC(=O)OCc1ccccc1)C(=O)CC1CCc2cnncc2CCCCNC(=O)C1=O. The highest BCUT2D eigenvalue weighted by molar-refractivity contribution is 6.37. The number of amides is 2. The van der Waals surface area contributed by atoms with Crippen LogP contribution in [0.3, 0.4) is 0 Å². The fourth-order valence-electron chi connectivity index (χ4n) is 4.43. The van der Waals surface area contributed by atoms with Gasteiger partial charge in [-0.2, -0.15) is 10.2 Å². The number of Topliss-reactive ketones (excluding diaryl/α,β-unsaturated/α-hetero) is 2. The minimum Gasteiger partial charge on any atom is -0.445 e. The number of aromatic nitrogens is 2. The molecule has 2 atom stereocenters. The molecule has 2 aromatic rings. The number of carbonyl (C=O) groups is 4. The zero-order valence-electron chi connectivity index (χ0n) is 21.6. The molecule has 0 radical (unpaired) electrons. The van der Waals surface area contributed by atoms with E-state index < -0.39 is 29.7 Å². The average Bonchev–Trinajstić information content (AvgIpc) is 2.89. The Hall–Kier alpha value is -3.62. The number of hydrogen-bond acceptors (Lipinski definition) is 7. The van der Waals surface area contributed by atoms with Gasteiger partial charge in [-0.15, -0.1) is 0 Å². The normalized spacial score (nSPS) is 17.5. The Balaban J connectivity index is 1.70. The maximum Gasteiger partial charge on any atom is 0.408 e. The number of nitrogens with zero attached hydrogens (tertiary/aromatic N) is 2. The highest BCUT2D eigenvalue weighted by Crippen LogP contribution is 2.21. The number of ether oxygens (including phenoxy) is 1. The van der Waals surface area contributed by atoms with Crippen LogP contribution in [0.4, 0.5) is 4.79 Å². The molecule has 3 rings (SSSR count). The summed E-state index contributed by atoms with van der Waals surface area (Å²) in [5, 5.41) is 13.3. The zero-order valence-corrected chi connectivity index (χ0v) is 21.6. The highest BCUT2D eigenvalue weighted by atomic mass is 16.5. The molecule has 0 saturated carbocycles. The Morgan fingerprint density at radius 3 is 2.46 bits per heavy atom. The minimum atomic E-state index is -0.821. The van der Waals surface area contributed by atoms with Crippen LogP contribution < -0.4 is 10.6 Å². The van der Waals surface area contributed by atoms with Crippen molar-refractivity contribution in [1.29, 1.82) is 0 Å². The molecule has 0 fully saturated rings. The molecule has 1 aliphatic rings. The van der Waals surface area contributed by atoms with Crippen molar-refractivity contribution in [2.45, 2.75) is 71.4 Å². The Kier molecular flexibility index (Phi) is 10.7. The topological polar surface area (TPSA) is 127 Å². The van der Waals surface area contributed by atoms with E-state index in [1.54, 1.807) is 12.4 Å². The quantitative estimate of drug-likeness (QED) is 0.524. The number of alkyl carbamates (subject to hydrolysis) is 1. The van der Waals surface area contributed by atoms with Crippen LogP contribution in [0.5, 0.6) is 0 Å². The molecule has 0 saturated heterocycles. The van der Waals surface area contributed by atoms with E-state index in [1.807, 2.05) is 44.2 Å². The standard InChI is InChI=1S/C28H36N4O5/c1-19(2)14-24(32-28(36)37-18-20-8-4-3-5-9-20)25(33)15-21-11-12-23-17-31-30-16-22(23)10-6-7-13-29-27(35)26(21)34/h3-5,8-9,16-17,19,21,24H,6-7,10-15,18H2,1-2H3,(H,29,35)(H,32,36). The van der Waals surface area contributed by atoms with Gasteiger partial charge in [0.25, 0.3) is 5.91 Å². The van der Waals surface area contributed by atoms with E-state index in [9.17, 15) is 19.2 Å². The molecule has 2 heterocycles. The van der Waals surface area contributed by atoms with Crippen molar-refractivity contribution in [3.8, 4) is 0 Å². The van der Waals surface area contributed by atoms with Crippen molar-refractivity contribution in [2.75, 3.05) is 6.54 Å². The predicted octanol–water partition coefficient (Wildman–Crippen LogP) is 3.35. The first-order valence-corrected chi connectivity index (χ1v) is 12.9. The van der Waals surface area contributed by atoms with Crippen LogP contribution in [-0.2, 0) is 38.6 Å². The molecule has 0 bridgehead atoms. The largest absolute Gasteiger partial charge is 0.445 e. The lowest BCUT2D eigenvalue weighted by Gasteiger charge is -2.22. The monoisotopic (exact) mass is 508 g/mol. The summed E-state index contributed by atoms with van der Waals surface area (Å²) in [5.74, 6) is -2.25. The molecule has 198 valence electrons. The molecule has 37 heavy (non-hydrogen) atoms. The van der Waals surface area contributed by atoms with E-state index >= 15 is 0 Å². The predicted molar refractivity (Wildman–Crippen MR) is 137 cm³/mol. The molecule has 0 aliphatic carbocycles.